The van der Waals surface area contributed by atoms with Gasteiger partial charge in [-0.05, 0) is 38.4 Å². The zero-order chi connectivity index (χ0) is 15.9. The maximum atomic E-state index is 12.8. The SMILES string of the molecule is CCCCN(C(C)CC)S(=O)(=O)c1ccc(CNC)cn1. The summed E-state index contributed by atoms with van der Waals surface area (Å²) in [7, 11) is -1.67. The van der Waals surface area contributed by atoms with E-state index < -0.39 is 10.0 Å². The van der Waals surface area contributed by atoms with Crippen LogP contribution in [0, 0.1) is 0 Å². The van der Waals surface area contributed by atoms with Gasteiger partial charge in [0.2, 0.25) is 0 Å². The number of hydrogen-bond donors (Lipinski definition) is 1. The Hall–Kier alpha value is -0.980. The Balaban J connectivity index is 3.03. The van der Waals surface area contributed by atoms with Crippen molar-refractivity contribution < 1.29 is 8.42 Å². The summed E-state index contributed by atoms with van der Waals surface area (Å²) in [6.45, 7) is 7.24. The Morgan fingerprint density at radius 3 is 2.52 bits per heavy atom. The molecule has 1 aromatic heterocycles. The highest BCUT2D eigenvalue weighted by atomic mass is 32.2. The van der Waals surface area contributed by atoms with Crippen molar-refractivity contribution in [2.75, 3.05) is 13.6 Å². The standard InChI is InChI=1S/C15H27N3O2S/c1-5-7-10-18(13(3)6-2)21(19,20)15-9-8-14(11-16-4)12-17-15/h8-9,12-13,16H,5-7,10-11H2,1-4H3. The number of rotatable bonds is 9. The van der Waals surface area contributed by atoms with Gasteiger partial charge in [0.15, 0.2) is 5.03 Å². The second kappa shape index (κ2) is 8.46. The first-order chi connectivity index (χ1) is 9.97. The smallest absolute Gasteiger partial charge is 0.260 e. The van der Waals surface area contributed by atoms with Gasteiger partial charge in [-0.1, -0.05) is 26.3 Å². The van der Waals surface area contributed by atoms with E-state index in [1.165, 1.54) is 0 Å². The number of hydrogen-bond acceptors (Lipinski definition) is 4. The molecule has 1 atom stereocenters. The Morgan fingerprint density at radius 2 is 2.05 bits per heavy atom. The van der Waals surface area contributed by atoms with E-state index >= 15 is 0 Å². The van der Waals surface area contributed by atoms with E-state index in [1.807, 2.05) is 27.0 Å². The molecule has 0 saturated heterocycles. The van der Waals surface area contributed by atoms with Crippen LogP contribution in [0.25, 0.3) is 0 Å². The summed E-state index contributed by atoms with van der Waals surface area (Å²) in [5.74, 6) is 0. The van der Waals surface area contributed by atoms with E-state index in [4.69, 9.17) is 0 Å². The van der Waals surface area contributed by atoms with Crippen LogP contribution in [0.5, 0.6) is 0 Å². The van der Waals surface area contributed by atoms with Gasteiger partial charge in [0.25, 0.3) is 10.0 Å². The molecule has 1 aromatic rings. The Kier molecular flexibility index (Phi) is 7.28. The topological polar surface area (TPSA) is 62.3 Å². The lowest BCUT2D eigenvalue weighted by Gasteiger charge is -2.27. The number of sulfonamides is 1. The highest BCUT2D eigenvalue weighted by Gasteiger charge is 2.28. The number of pyridine rings is 1. The van der Waals surface area contributed by atoms with Crippen LogP contribution >= 0.6 is 0 Å². The Labute approximate surface area is 128 Å². The van der Waals surface area contributed by atoms with Gasteiger partial charge in [0.1, 0.15) is 0 Å². The molecule has 21 heavy (non-hydrogen) atoms. The van der Waals surface area contributed by atoms with Crippen LogP contribution in [0.3, 0.4) is 0 Å². The summed E-state index contributed by atoms with van der Waals surface area (Å²) in [5, 5.41) is 3.16. The number of aromatic nitrogens is 1. The van der Waals surface area contributed by atoms with E-state index in [-0.39, 0.29) is 11.1 Å². The van der Waals surface area contributed by atoms with Gasteiger partial charge in [-0.2, -0.15) is 4.31 Å². The highest BCUT2D eigenvalue weighted by molar-refractivity contribution is 7.89. The van der Waals surface area contributed by atoms with Crippen molar-refractivity contribution in [2.24, 2.45) is 0 Å². The minimum absolute atomic E-state index is 0.0136. The van der Waals surface area contributed by atoms with Crippen LogP contribution in [0.15, 0.2) is 23.4 Å². The molecule has 1 heterocycles. The van der Waals surface area contributed by atoms with Crippen LogP contribution in [-0.4, -0.2) is 37.3 Å². The van der Waals surface area contributed by atoms with Crippen molar-refractivity contribution in [1.29, 1.82) is 0 Å². The van der Waals surface area contributed by atoms with E-state index in [1.54, 1.807) is 16.6 Å². The van der Waals surface area contributed by atoms with Crippen molar-refractivity contribution >= 4 is 10.0 Å². The molecule has 0 bridgehead atoms. The van der Waals surface area contributed by atoms with Crippen molar-refractivity contribution in [2.45, 2.75) is 57.6 Å². The lowest BCUT2D eigenvalue weighted by Crippen LogP contribution is -2.39. The van der Waals surface area contributed by atoms with Crippen molar-refractivity contribution in [1.82, 2.24) is 14.6 Å². The quantitative estimate of drug-likeness (QED) is 0.760. The molecule has 1 N–H and O–H groups in total. The van der Waals surface area contributed by atoms with Gasteiger partial charge in [0, 0.05) is 25.3 Å². The summed E-state index contributed by atoms with van der Waals surface area (Å²) in [6, 6.07) is 3.40. The molecule has 0 amide bonds. The Bertz CT molecular complexity index is 514. The Morgan fingerprint density at radius 1 is 1.33 bits per heavy atom. The first-order valence-electron chi connectivity index (χ1n) is 7.58. The van der Waals surface area contributed by atoms with Gasteiger partial charge in [0.05, 0.1) is 0 Å². The monoisotopic (exact) mass is 313 g/mol. The van der Waals surface area contributed by atoms with Crippen molar-refractivity contribution in [3.63, 3.8) is 0 Å². The first kappa shape index (κ1) is 18.1. The van der Waals surface area contributed by atoms with E-state index in [0.717, 1.165) is 24.8 Å². The summed E-state index contributed by atoms with van der Waals surface area (Å²) in [5.41, 5.74) is 0.972. The highest BCUT2D eigenvalue weighted by Crippen LogP contribution is 2.19. The minimum Gasteiger partial charge on any atom is -0.316 e. The van der Waals surface area contributed by atoms with Gasteiger partial charge in [-0.3, -0.25) is 0 Å². The minimum atomic E-state index is -3.51. The van der Waals surface area contributed by atoms with Gasteiger partial charge in [-0.25, -0.2) is 13.4 Å². The molecule has 0 spiro atoms. The lowest BCUT2D eigenvalue weighted by molar-refractivity contribution is 0.323. The fourth-order valence-electron chi connectivity index (χ4n) is 2.09. The normalized spacial score (nSPS) is 13.6. The van der Waals surface area contributed by atoms with Crippen LogP contribution in [0.2, 0.25) is 0 Å². The van der Waals surface area contributed by atoms with Gasteiger partial charge >= 0.3 is 0 Å². The van der Waals surface area contributed by atoms with E-state index in [2.05, 4.69) is 17.2 Å². The maximum absolute atomic E-state index is 12.8. The van der Waals surface area contributed by atoms with E-state index in [0.29, 0.717) is 13.1 Å². The zero-order valence-corrected chi connectivity index (χ0v) is 14.3. The van der Waals surface area contributed by atoms with Gasteiger partial charge in [-0.15, -0.1) is 0 Å². The van der Waals surface area contributed by atoms with Crippen LogP contribution in [0.4, 0.5) is 0 Å². The second-order valence-electron chi connectivity index (χ2n) is 5.26. The molecule has 0 fully saturated rings. The summed E-state index contributed by atoms with van der Waals surface area (Å²) in [4.78, 5) is 4.15. The largest absolute Gasteiger partial charge is 0.316 e. The molecule has 0 saturated carbocycles. The van der Waals surface area contributed by atoms with Crippen molar-refractivity contribution in [3.8, 4) is 0 Å². The van der Waals surface area contributed by atoms with E-state index in [9.17, 15) is 8.42 Å². The van der Waals surface area contributed by atoms with Crippen LogP contribution < -0.4 is 5.32 Å². The lowest BCUT2D eigenvalue weighted by atomic mass is 10.2. The summed E-state index contributed by atoms with van der Waals surface area (Å²) in [6.07, 6.45) is 4.25. The third kappa shape index (κ3) is 4.76. The molecule has 6 heteroatoms. The molecule has 0 aliphatic rings. The predicted octanol–water partition coefficient (Wildman–Crippen LogP) is 2.39. The molecule has 0 aliphatic heterocycles. The van der Waals surface area contributed by atoms with Crippen LogP contribution in [-0.2, 0) is 16.6 Å². The second-order valence-corrected chi connectivity index (χ2v) is 7.10. The summed E-state index contributed by atoms with van der Waals surface area (Å²) < 4.78 is 27.1. The molecular weight excluding hydrogens is 286 g/mol. The predicted molar refractivity (Wildman–Crippen MR) is 85.6 cm³/mol. The molecular formula is C15H27N3O2S. The number of nitrogens with zero attached hydrogens (tertiary/aromatic N) is 2. The molecule has 5 nitrogen and oxygen atoms in total. The first-order valence-corrected chi connectivity index (χ1v) is 9.02. The molecule has 1 rings (SSSR count). The summed E-state index contributed by atoms with van der Waals surface area (Å²) >= 11 is 0. The molecule has 1 unspecified atom stereocenters. The molecule has 120 valence electrons. The maximum Gasteiger partial charge on any atom is 0.260 e. The number of nitrogens with one attached hydrogen (secondary N) is 1. The molecule has 0 radical (unpaired) electrons. The third-order valence-electron chi connectivity index (χ3n) is 3.57. The average molecular weight is 313 g/mol. The van der Waals surface area contributed by atoms with Crippen molar-refractivity contribution in [3.05, 3.63) is 23.9 Å². The fraction of sp³-hybridized carbons (Fsp3) is 0.667. The fourth-order valence-corrected chi connectivity index (χ4v) is 3.75. The zero-order valence-electron chi connectivity index (χ0n) is 13.5. The molecule has 0 aliphatic carbocycles. The number of unbranched alkanes of at least 4 members (excludes halogenated alkanes) is 1. The average Bonchev–Trinajstić information content (AvgIpc) is 2.48. The molecule has 0 aromatic carbocycles. The third-order valence-corrected chi connectivity index (χ3v) is 5.50. The van der Waals surface area contributed by atoms with Gasteiger partial charge < -0.3 is 5.32 Å². The van der Waals surface area contributed by atoms with Crippen LogP contribution in [0.1, 0.15) is 45.6 Å².